The molecule has 0 unspecified atom stereocenters. The summed E-state index contributed by atoms with van der Waals surface area (Å²) in [5.41, 5.74) is 5.27. The molecule has 1 amide bonds. The summed E-state index contributed by atoms with van der Waals surface area (Å²) in [6.07, 6.45) is -4.87. The number of nitrogens with two attached hydrogens (primary N) is 1. The van der Waals surface area contributed by atoms with Crippen molar-refractivity contribution in [3.05, 3.63) is 17.2 Å². The monoisotopic (exact) mass is 323 g/mol. The lowest BCUT2D eigenvalue weighted by molar-refractivity contribution is -0.274. The van der Waals surface area contributed by atoms with Crippen LogP contribution < -0.4 is 15.8 Å². The second-order valence-electron chi connectivity index (χ2n) is 4.09. The van der Waals surface area contributed by atoms with Crippen molar-refractivity contribution in [1.29, 1.82) is 0 Å². The molecule has 0 aliphatic heterocycles. The van der Waals surface area contributed by atoms with Crippen molar-refractivity contribution in [3.8, 4) is 5.75 Å². The van der Waals surface area contributed by atoms with Crippen LogP contribution >= 0.6 is 11.6 Å². The molecule has 114 valence electrons. The van der Waals surface area contributed by atoms with Crippen molar-refractivity contribution in [3.63, 3.8) is 0 Å². The normalized spacial score (nSPS) is 13.2. The number of alkyl halides is 3. The van der Waals surface area contributed by atoms with E-state index in [9.17, 15) is 18.0 Å². The van der Waals surface area contributed by atoms with Crippen molar-refractivity contribution < 1.29 is 27.1 Å². The minimum absolute atomic E-state index is 0.0727. The summed E-state index contributed by atoms with van der Waals surface area (Å²) in [7, 11) is 0. The first-order valence-corrected chi connectivity index (χ1v) is 5.95. The van der Waals surface area contributed by atoms with Gasteiger partial charge in [0.2, 0.25) is 5.91 Å². The highest BCUT2D eigenvalue weighted by Gasteiger charge is 2.32. The molecule has 6 nitrogen and oxygen atoms in total. The van der Waals surface area contributed by atoms with E-state index in [4.69, 9.17) is 21.8 Å². The number of rotatable bonds is 4. The van der Waals surface area contributed by atoms with Crippen molar-refractivity contribution in [2.24, 2.45) is 5.73 Å². The van der Waals surface area contributed by atoms with Crippen LogP contribution in [0.1, 0.15) is 6.92 Å². The molecule has 3 N–H and O–H groups in total. The topological polar surface area (TPSA) is 90.4 Å². The fourth-order valence-electron chi connectivity index (χ4n) is 1.45. The summed E-state index contributed by atoms with van der Waals surface area (Å²) in [4.78, 5) is 14.8. The van der Waals surface area contributed by atoms with Crippen LogP contribution in [-0.2, 0) is 4.79 Å². The molecule has 0 spiro atoms. The maximum Gasteiger partial charge on any atom is 0.573 e. The third-order valence-corrected chi connectivity index (χ3v) is 2.73. The zero-order valence-corrected chi connectivity index (χ0v) is 11.2. The summed E-state index contributed by atoms with van der Waals surface area (Å²) in [5, 5.41) is 2.27. The number of ether oxygens (including phenoxy) is 1. The van der Waals surface area contributed by atoms with Crippen LogP contribution in [0.3, 0.4) is 0 Å². The van der Waals surface area contributed by atoms with E-state index in [0.29, 0.717) is 0 Å². The highest BCUT2D eigenvalue weighted by Crippen LogP contribution is 2.34. The summed E-state index contributed by atoms with van der Waals surface area (Å²) in [5.74, 6) is -1.24. The average molecular weight is 324 g/mol. The molecule has 0 saturated heterocycles. The number of halogens is 4. The van der Waals surface area contributed by atoms with Crippen LogP contribution in [-0.4, -0.2) is 23.3 Å². The number of hydrogen-bond donors (Lipinski definition) is 2. The molecular weight excluding hydrogens is 315 g/mol. The lowest BCUT2D eigenvalue weighted by atomic mass is 10.3. The summed E-state index contributed by atoms with van der Waals surface area (Å²) >= 11 is 5.67. The van der Waals surface area contributed by atoms with E-state index in [1.165, 1.54) is 6.92 Å². The van der Waals surface area contributed by atoms with E-state index < -0.39 is 24.1 Å². The molecule has 1 heterocycles. The van der Waals surface area contributed by atoms with Crippen molar-refractivity contribution in [2.75, 3.05) is 5.32 Å². The Kier molecular flexibility index (Phi) is 3.86. The molecule has 0 bridgehead atoms. The number of primary amides is 1. The van der Waals surface area contributed by atoms with E-state index in [-0.39, 0.29) is 22.1 Å². The number of hydrogen-bond acceptors (Lipinski definition) is 5. The Morgan fingerprint density at radius 2 is 2.19 bits per heavy atom. The van der Waals surface area contributed by atoms with E-state index in [1.807, 2.05) is 0 Å². The molecule has 0 saturated carbocycles. The van der Waals surface area contributed by atoms with Crippen molar-refractivity contribution in [2.45, 2.75) is 19.3 Å². The van der Waals surface area contributed by atoms with Gasteiger partial charge < -0.3 is 20.2 Å². The fraction of sp³-hybridized carbons (Fsp3) is 0.273. The van der Waals surface area contributed by atoms with Crippen LogP contribution in [0, 0.1) is 0 Å². The van der Waals surface area contributed by atoms with Crippen molar-refractivity contribution in [1.82, 2.24) is 4.98 Å². The minimum atomic E-state index is -4.87. The molecule has 0 radical (unpaired) electrons. The quantitative estimate of drug-likeness (QED) is 0.902. The number of anilines is 1. The molecule has 10 heteroatoms. The second-order valence-corrected chi connectivity index (χ2v) is 4.49. The number of carbonyl (C=O) groups is 1. The number of fused-ring (bicyclic) bond motifs is 1. The lowest BCUT2D eigenvalue weighted by Gasteiger charge is -2.09. The lowest BCUT2D eigenvalue weighted by Crippen LogP contribution is -2.32. The Bertz CT molecular complexity index is 686. The smallest absolute Gasteiger partial charge is 0.423 e. The number of nitrogens with zero attached hydrogens (tertiary/aromatic N) is 1. The summed E-state index contributed by atoms with van der Waals surface area (Å²) in [6.45, 7) is 1.47. The Hall–Kier alpha value is -2.16. The van der Waals surface area contributed by atoms with Gasteiger partial charge >= 0.3 is 6.36 Å². The Morgan fingerprint density at radius 3 is 2.76 bits per heavy atom. The highest BCUT2D eigenvalue weighted by atomic mass is 35.5. The number of amides is 1. The third-order valence-electron chi connectivity index (χ3n) is 2.43. The molecule has 1 atom stereocenters. The van der Waals surface area contributed by atoms with Gasteiger partial charge in [-0.15, -0.1) is 13.2 Å². The Labute approximate surface area is 121 Å². The van der Waals surface area contributed by atoms with Gasteiger partial charge in [-0.05, 0) is 6.92 Å². The first-order valence-electron chi connectivity index (χ1n) is 5.57. The molecule has 0 aliphatic carbocycles. The molecule has 0 aliphatic rings. The van der Waals surface area contributed by atoms with Gasteiger partial charge in [0.05, 0.1) is 5.02 Å². The molecule has 21 heavy (non-hydrogen) atoms. The Balaban J connectivity index is 2.33. The van der Waals surface area contributed by atoms with Crippen LogP contribution in [0.4, 0.5) is 19.2 Å². The largest absolute Gasteiger partial charge is 0.573 e. The van der Waals surface area contributed by atoms with Crippen LogP contribution in [0.15, 0.2) is 16.5 Å². The van der Waals surface area contributed by atoms with Gasteiger partial charge in [-0.1, -0.05) is 11.6 Å². The number of aromatic nitrogens is 1. The first kappa shape index (κ1) is 15.2. The zero-order valence-electron chi connectivity index (χ0n) is 10.5. The second kappa shape index (κ2) is 5.32. The summed E-state index contributed by atoms with van der Waals surface area (Å²) < 4.78 is 45.6. The predicted octanol–water partition coefficient (Wildman–Crippen LogP) is 2.67. The molecular formula is C11H9ClF3N3O3. The highest BCUT2D eigenvalue weighted by molar-refractivity contribution is 6.32. The maximum absolute atomic E-state index is 12.2. The molecule has 1 aromatic carbocycles. The number of carbonyl (C=O) groups excluding carboxylic acids is 1. The van der Waals surface area contributed by atoms with Gasteiger partial charge in [0.25, 0.3) is 6.01 Å². The SMILES string of the molecule is C[C@H](Nc1nc2cc(OC(F)(F)F)c(Cl)cc2o1)C(N)=O. The van der Waals surface area contributed by atoms with Crippen molar-refractivity contribution >= 4 is 34.6 Å². The maximum atomic E-state index is 12.2. The third kappa shape index (κ3) is 3.69. The minimum Gasteiger partial charge on any atom is -0.423 e. The van der Waals surface area contributed by atoms with E-state index in [0.717, 1.165) is 12.1 Å². The van der Waals surface area contributed by atoms with Gasteiger partial charge in [-0.3, -0.25) is 4.79 Å². The van der Waals surface area contributed by atoms with E-state index in [2.05, 4.69) is 15.0 Å². The molecule has 2 rings (SSSR count). The van der Waals surface area contributed by atoms with Gasteiger partial charge in [0.15, 0.2) is 11.3 Å². The molecule has 2 aromatic rings. The van der Waals surface area contributed by atoms with Crippen LogP contribution in [0.25, 0.3) is 11.1 Å². The van der Waals surface area contributed by atoms with Gasteiger partial charge in [0, 0.05) is 12.1 Å². The summed E-state index contributed by atoms with van der Waals surface area (Å²) in [6, 6.07) is 1.27. The number of benzene rings is 1. The van der Waals surface area contributed by atoms with Crippen LogP contribution in [0.5, 0.6) is 5.75 Å². The van der Waals surface area contributed by atoms with E-state index >= 15 is 0 Å². The predicted molar refractivity (Wildman–Crippen MR) is 68.0 cm³/mol. The standard InChI is InChI=1S/C11H9ClF3N3O3/c1-4(9(16)19)17-10-18-6-3-7(21-11(13,14)15)5(12)2-8(6)20-10/h2-4H,1H3,(H2,16,19)(H,17,18)/t4-/m0/s1. The van der Waals surface area contributed by atoms with Gasteiger partial charge in [-0.25, -0.2) is 0 Å². The zero-order chi connectivity index (χ0) is 15.8. The fourth-order valence-corrected chi connectivity index (χ4v) is 1.64. The average Bonchev–Trinajstić information content (AvgIpc) is 2.68. The Morgan fingerprint density at radius 1 is 1.52 bits per heavy atom. The first-order chi connectivity index (χ1) is 9.65. The van der Waals surface area contributed by atoms with Crippen LogP contribution in [0.2, 0.25) is 5.02 Å². The molecule has 0 fully saturated rings. The van der Waals surface area contributed by atoms with Gasteiger partial charge in [-0.2, -0.15) is 4.98 Å². The van der Waals surface area contributed by atoms with Gasteiger partial charge in [0.1, 0.15) is 11.6 Å². The molecule has 1 aromatic heterocycles. The number of oxazole rings is 1. The van der Waals surface area contributed by atoms with E-state index in [1.54, 1.807) is 0 Å². The number of nitrogens with one attached hydrogen (secondary N) is 1.